The summed E-state index contributed by atoms with van der Waals surface area (Å²) in [6.45, 7) is 0. The van der Waals surface area contributed by atoms with Gasteiger partial charge in [-0.05, 0) is 42.5 Å². The number of nitrogens with zero attached hydrogens (tertiary/aromatic N) is 5. The Kier molecular flexibility index (Phi) is 6.39. The number of thiocarbonyl (C=S) groups is 1. The normalized spacial score (nSPS) is 16.5. The first kappa shape index (κ1) is 21.8. The molecule has 1 aliphatic rings. The third kappa shape index (κ3) is 5.07. The summed E-state index contributed by atoms with van der Waals surface area (Å²) in [6.07, 6.45) is 2.86. The molecule has 3 aromatic rings. The zero-order chi connectivity index (χ0) is 22.6. The van der Waals surface area contributed by atoms with E-state index in [0.29, 0.717) is 15.7 Å². The van der Waals surface area contributed by atoms with Crippen molar-refractivity contribution in [3.05, 3.63) is 73.1 Å². The number of carbonyl (C=O) groups is 1. The number of hydrogen-bond acceptors (Lipinski definition) is 10. The quantitative estimate of drug-likeness (QED) is 0.384. The number of sulfonamides is 1. The van der Waals surface area contributed by atoms with Gasteiger partial charge in [-0.3, -0.25) is 10.2 Å². The highest BCUT2D eigenvalue weighted by Crippen LogP contribution is 2.30. The fourth-order valence-electron chi connectivity index (χ4n) is 2.56. The number of thioether (sulfide) groups is 1. The maximum Gasteiger partial charge on any atom is 0.284 e. The monoisotopic (exact) mass is 485 g/mol. The molecule has 0 saturated carbocycles. The smallest absolute Gasteiger partial charge is 0.284 e. The molecule has 1 aromatic heterocycles. The van der Waals surface area contributed by atoms with Crippen LogP contribution in [-0.2, 0) is 14.8 Å². The second-order valence-electron chi connectivity index (χ2n) is 6.27. The van der Waals surface area contributed by atoms with Crippen LogP contribution in [0.25, 0.3) is 0 Å². The van der Waals surface area contributed by atoms with Crippen LogP contribution in [0.2, 0.25) is 0 Å². The Morgan fingerprint density at radius 3 is 2.38 bits per heavy atom. The van der Waals surface area contributed by atoms with Crippen LogP contribution in [0, 0.1) is 0 Å². The average Bonchev–Trinajstić information content (AvgIpc) is 3.06. The van der Waals surface area contributed by atoms with Crippen molar-refractivity contribution < 1.29 is 13.2 Å². The highest BCUT2D eigenvalue weighted by atomic mass is 32.2. The zero-order valence-electron chi connectivity index (χ0n) is 16.2. The van der Waals surface area contributed by atoms with Crippen molar-refractivity contribution in [2.75, 3.05) is 10.1 Å². The van der Waals surface area contributed by atoms with Crippen LogP contribution in [0.3, 0.4) is 0 Å². The molecule has 10 nitrogen and oxygen atoms in total. The third-order valence-corrected chi connectivity index (χ3v) is 6.78. The second-order valence-corrected chi connectivity index (χ2v) is 9.67. The van der Waals surface area contributed by atoms with Crippen LogP contribution in [0.4, 0.5) is 17.3 Å². The van der Waals surface area contributed by atoms with E-state index in [2.05, 4.69) is 30.3 Å². The van der Waals surface area contributed by atoms with Gasteiger partial charge in [0.05, 0.1) is 16.3 Å². The van der Waals surface area contributed by atoms with Gasteiger partial charge in [-0.2, -0.15) is 10.2 Å². The van der Waals surface area contributed by atoms with Crippen LogP contribution in [-0.4, -0.2) is 39.0 Å². The highest BCUT2D eigenvalue weighted by molar-refractivity contribution is 8.24. The number of rotatable bonds is 7. The fourth-order valence-corrected chi connectivity index (χ4v) is 4.66. The number of benzene rings is 2. The van der Waals surface area contributed by atoms with Crippen molar-refractivity contribution in [3.8, 4) is 0 Å². The lowest BCUT2D eigenvalue weighted by Crippen LogP contribution is -2.35. The highest BCUT2D eigenvalue weighted by Gasteiger charge is 2.37. The minimum absolute atomic E-state index is 0.00892. The van der Waals surface area contributed by atoms with E-state index in [1.165, 1.54) is 41.7 Å². The third-order valence-electron chi connectivity index (χ3n) is 4.06. The Balaban J connectivity index is 1.41. The molecule has 162 valence electrons. The van der Waals surface area contributed by atoms with E-state index >= 15 is 0 Å². The minimum Gasteiger partial charge on any atom is -0.290 e. The molecule has 0 aliphatic carbocycles. The van der Waals surface area contributed by atoms with E-state index in [1.807, 2.05) is 30.3 Å². The van der Waals surface area contributed by atoms with Crippen molar-refractivity contribution in [1.29, 1.82) is 0 Å². The molecule has 1 amide bonds. The maximum atomic E-state index is 12.6. The summed E-state index contributed by atoms with van der Waals surface area (Å²) in [7, 11) is -3.85. The lowest BCUT2D eigenvalue weighted by atomic mass is 10.3. The summed E-state index contributed by atoms with van der Waals surface area (Å²) in [6, 6.07) is 16.4. The largest absolute Gasteiger partial charge is 0.290 e. The van der Waals surface area contributed by atoms with Crippen molar-refractivity contribution in [3.63, 3.8) is 0 Å². The first-order valence-electron chi connectivity index (χ1n) is 9.09. The molecule has 1 atom stereocenters. The van der Waals surface area contributed by atoms with Crippen molar-refractivity contribution in [1.82, 2.24) is 15.0 Å². The molecule has 0 bridgehead atoms. The Morgan fingerprint density at radius 1 is 1.00 bits per heavy atom. The van der Waals surface area contributed by atoms with Gasteiger partial charge in [0.15, 0.2) is 4.32 Å². The molecule has 1 unspecified atom stereocenters. The van der Waals surface area contributed by atoms with E-state index < -0.39 is 15.4 Å². The van der Waals surface area contributed by atoms with Gasteiger partial charge in [-0.15, -0.1) is 0 Å². The number of amides is 1. The summed E-state index contributed by atoms with van der Waals surface area (Å²) >= 11 is 6.35. The molecular formula is C19H15N7O3S3. The number of nitrogens with one attached hydrogen (secondary N) is 2. The molecule has 13 heteroatoms. The number of para-hydroxylation sites is 1. The molecule has 1 aliphatic heterocycles. The SMILES string of the molecule is O=C1C(N=Nc2ccc(S(=O)(=O)Nc3ncccn3)cc2)SC(=S)N1Nc1ccccc1. The van der Waals surface area contributed by atoms with E-state index in [1.54, 1.807) is 6.07 Å². The number of azo groups is 1. The molecule has 1 fully saturated rings. The van der Waals surface area contributed by atoms with Crippen molar-refractivity contribution >= 4 is 61.6 Å². The number of aromatic nitrogens is 2. The molecule has 1 saturated heterocycles. The average molecular weight is 486 g/mol. The van der Waals surface area contributed by atoms with Gasteiger partial charge in [-0.25, -0.2) is 28.1 Å². The fraction of sp³-hybridized carbons (Fsp3) is 0.0526. The van der Waals surface area contributed by atoms with E-state index in [9.17, 15) is 13.2 Å². The molecule has 2 N–H and O–H groups in total. The maximum absolute atomic E-state index is 12.6. The molecular weight excluding hydrogens is 470 g/mol. The molecule has 2 aromatic carbocycles. The van der Waals surface area contributed by atoms with E-state index in [0.717, 1.165) is 11.8 Å². The first-order chi connectivity index (χ1) is 15.4. The molecule has 2 heterocycles. The van der Waals surface area contributed by atoms with Gasteiger partial charge in [-0.1, -0.05) is 42.2 Å². The summed E-state index contributed by atoms with van der Waals surface area (Å²) in [5, 5.41) is 8.53. The Labute approximate surface area is 193 Å². The predicted molar refractivity (Wildman–Crippen MR) is 125 cm³/mol. The zero-order valence-corrected chi connectivity index (χ0v) is 18.6. The minimum atomic E-state index is -3.85. The Hall–Kier alpha value is -3.42. The number of carbonyl (C=O) groups excluding carboxylic acids is 1. The van der Waals surface area contributed by atoms with Gasteiger partial charge in [0.25, 0.3) is 15.9 Å². The van der Waals surface area contributed by atoms with Gasteiger partial charge >= 0.3 is 0 Å². The molecule has 32 heavy (non-hydrogen) atoms. The van der Waals surface area contributed by atoms with Gasteiger partial charge in [0, 0.05) is 12.4 Å². The first-order valence-corrected chi connectivity index (χ1v) is 11.9. The van der Waals surface area contributed by atoms with Crippen molar-refractivity contribution in [2.24, 2.45) is 10.2 Å². The van der Waals surface area contributed by atoms with Crippen LogP contribution < -0.4 is 10.1 Å². The van der Waals surface area contributed by atoms with Crippen molar-refractivity contribution in [2.45, 2.75) is 10.3 Å². The number of hydrogen-bond donors (Lipinski definition) is 2. The predicted octanol–water partition coefficient (Wildman–Crippen LogP) is 3.57. The second kappa shape index (κ2) is 9.38. The van der Waals surface area contributed by atoms with E-state index in [-0.39, 0.29) is 16.8 Å². The van der Waals surface area contributed by atoms with Crippen LogP contribution >= 0.6 is 24.0 Å². The van der Waals surface area contributed by atoms with Gasteiger partial charge < -0.3 is 0 Å². The lowest BCUT2D eigenvalue weighted by Gasteiger charge is -2.17. The Bertz CT molecular complexity index is 1250. The van der Waals surface area contributed by atoms with E-state index in [4.69, 9.17) is 12.2 Å². The van der Waals surface area contributed by atoms with Crippen LogP contribution in [0.5, 0.6) is 0 Å². The number of anilines is 2. The molecule has 0 radical (unpaired) electrons. The summed E-state index contributed by atoms with van der Waals surface area (Å²) in [5.74, 6) is -0.378. The lowest BCUT2D eigenvalue weighted by molar-refractivity contribution is -0.125. The number of hydrazine groups is 1. The topological polar surface area (TPSA) is 129 Å². The van der Waals surface area contributed by atoms with Gasteiger partial charge in [0.1, 0.15) is 0 Å². The Morgan fingerprint density at radius 2 is 1.69 bits per heavy atom. The molecule has 4 rings (SSSR count). The summed E-state index contributed by atoms with van der Waals surface area (Å²) in [5.41, 5.74) is 4.05. The molecule has 0 spiro atoms. The van der Waals surface area contributed by atoms with Crippen LogP contribution in [0.15, 0.2) is 88.2 Å². The summed E-state index contributed by atoms with van der Waals surface area (Å²) in [4.78, 5) is 20.3. The standard InChI is InChI=1S/C19H15N7O3S3/c27-17-16(31-19(30)26(17)24-14-5-2-1-3-6-14)23-22-13-7-9-15(10-8-13)32(28,29)25-18-20-11-4-12-21-18/h1-12,16,24H,(H,20,21,25). The van der Waals surface area contributed by atoms with Crippen LogP contribution in [0.1, 0.15) is 0 Å². The summed E-state index contributed by atoms with van der Waals surface area (Å²) < 4.78 is 27.5. The van der Waals surface area contributed by atoms with Gasteiger partial charge in [0.2, 0.25) is 11.3 Å².